The van der Waals surface area contributed by atoms with Crippen LogP contribution in [0.5, 0.6) is 0 Å². The third kappa shape index (κ3) is 3.94. The third-order valence-electron chi connectivity index (χ3n) is 13.7. The molecule has 0 unspecified atom stereocenters. The Morgan fingerprint density at radius 1 is 0.407 bits per heavy atom. The lowest BCUT2D eigenvalue weighted by Gasteiger charge is -2.61. The number of thiophene rings is 2. The van der Waals surface area contributed by atoms with Crippen LogP contribution in [0.15, 0.2) is 127 Å². The highest BCUT2D eigenvalue weighted by Crippen LogP contribution is 2.70. The van der Waals surface area contributed by atoms with E-state index in [4.69, 9.17) is 15.0 Å². The number of nitrogens with zero attached hydrogens (tertiary/aromatic N) is 3. The minimum absolute atomic E-state index is 0.000123. The first-order valence-corrected chi connectivity index (χ1v) is 21.2. The van der Waals surface area contributed by atoms with Gasteiger partial charge in [-0.1, -0.05) is 103 Å². The number of hydrogen-bond acceptors (Lipinski definition) is 5. The van der Waals surface area contributed by atoms with Crippen molar-refractivity contribution in [3.8, 4) is 45.3 Å². The van der Waals surface area contributed by atoms with Crippen LogP contribution in [0.3, 0.4) is 0 Å². The minimum Gasteiger partial charge on any atom is -0.208 e. The highest BCUT2D eigenvalue weighted by atomic mass is 32.1. The Hall–Kier alpha value is -5.23. The maximum Gasteiger partial charge on any atom is 0.165 e. The van der Waals surface area contributed by atoms with Crippen LogP contribution in [-0.4, -0.2) is 15.0 Å². The van der Waals surface area contributed by atoms with Crippen molar-refractivity contribution in [1.82, 2.24) is 15.0 Å². The Morgan fingerprint density at radius 2 is 0.852 bits per heavy atom. The van der Waals surface area contributed by atoms with Crippen LogP contribution >= 0.6 is 22.7 Å². The normalized spacial score (nSPS) is 23.6. The van der Waals surface area contributed by atoms with E-state index in [-0.39, 0.29) is 5.41 Å². The van der Waals surface area contributed by atoms with Gasteiger partial charge in [-0.05, 0) is 102 Å². The molecule has 9 aromatic rings. The van der Waals surface area contributed by atoms with Crippen molar-refractivity contribution in [3.05, 3.63) is 139 Å². The minimum atomic E-state index is -0.000123. The van der Waals surface area contributed by atoms with Crippen LogP contribution < -0.4 is 0 Å². The molecule has 3 aromatic heterocycles. The van der Waals surface area contributed by atoms with E-state index >= 15 is 0 Å². The number of rotatable bonds is 3. The Balaban J connectivity index is 1.11. The lowest BCUT2D eigenvalue weighted by Crippen LogP contribution is -2.55. The second kappa shape index (κ2) is 10.9. The summed E-state index contributed by atoms with van der Waals surface area (Å²) in [7, 11) is 0. The van der Waals surface area contributed by atoms with E-state index in [9.17, 15) is 0 Å². The molecule has 258 valence electrons. The van der Waals surface area contributed by atoms with Gasteiger partial charge in [-0.3, -0.25) is 0 Å². The number of benzene rings is 6. The fourth-order valence-corrected chi connectivity index (χ4v) is 14.4. The molecule has 0 aliphatic heterocycles. The molecule has 4 saturated carbocycles. The number of fused-ring (bicyclic) bond motifs is 9. The van der Waals surface area contributed by atoms with Crippen LogP contribution in [0, 0.1) is 23.7 Å². The Morgan fingerprint density at radius 3 is 1.46 bits per heavy atom. The zero-order chi connectivity index (χ0) is 35.1. The monoisotopic (exact) mass is 729 g/mol. The number of hydrogen-bond donors (Lipinski definition) is 0. The summed E-state index contributed by atoms with van der Waals surface area (Å²) >= 11 is 3.68. The first kappa shape index (κ1) is 30.1. The lowest BCUT2D eigenvalue weighted by atomic mass is 9.43. The molecule has 5 aliphatic rings. The second-order valence-corrected chi connectivity index (χ2v) is 18.4. The van der Waals surface area contributed by atoms with Gasteiger partial charge >= 0.3 is 0 Å². The van der Waals surface area contributed by atoms with Crippen molar-refractivity contribution in [1.29, 1.82) is 0 Å². The van der Waals surface area contributed by atoms with Gasteiger partial charge in [0.05, 0.1) is 0 Å². The standard InChI is InChI=1S/C49H35N3S2/c1-4-19-40-31(10-1)34-13-7-16-37(43(34)49(40)29-23-27-22-28(25-29)26-30(49)24-27)46-50-47(38-17-8-14-35-32-11-2-5-20-41(32)53-44(35)38)52-48(51-46)39-18-9-15-36-33-12-3-6-21-42(33)54-45(36)39/h1-21,27-30H,22-26H2. The molecular weight excluding hydrogens is 695 g/mol. The summed E-state index contributed by atoms with van der Waals surface area (Å²) < 4.78 is 5.02. The van der Waals surface area contributed by atoms with Crippen LogP contribution in [0.1, 0.15) is 43.2 Å². The maximum atomic E-state index is 5.57. The molecule has 4 bridgehead atoms. The lowest BCUT2D eigenvalue weighted by molar-refractivity contribution is -0.0397. The summed E-state index contributed by atoms with van der Waals surface area (Å²) in [6.45, 7) is 0. The van der Waals surface area contributed by atoms with Crippen LogP contribution in [0.2, 0.25) is 0 Å². The molecule has 0 amide bonds. The van der Waals surface area contributed by atoms with E-state index in [0.717, 1.165) is 40.4 Å². The van der Waals surface area contributed by atoms with E-state index < -0.39 is 0 Å². The molecule has 3 nitrogen and oxygen atoms in total. The summed E-state index contributed by atoms with van der Waals surface area (Å²) in [6.07, 6.45) is 6.79. The van der Waals surface area contributed by atoms with E-state index in [2.05, 4.69) is 127 Å². The van der Waals surface area contributed by atoms with E-state index in [1.54, 1.807) is 5.56 Å². The van der Waals surface area contributed by atoms with Crippen molar-refractivity contribution in [2.45, 2.75) is 37.5 Å². The van der Waals surface area contributed by atoms with Gasteiger partial charge < -0.3 is 0 Å². The Kier molecular flexibility index (Phi) is 6.10. The molecule has 5 aliphatic carbocycles. The zero-order valence-corrected chi connectivity index (χ0v) is 31.3. The van der Waals surface area contributed by atoms with E-state index in [0.29, 0.717) is 11.8 Å². The molecule has 1 spiro atoms. The summed E-state index contributed by atoms with van der Waals surface area (Å²) in [6, 6.07) is 47.1. The smallest absolute Gasteiger partial charge is 0.165 e. The predicted octanol–water partition coefficient (Wildman–Crippen LogP) is 13.3. The molecule has 6 aromatic carbocycles. The van der Waals surface area contributed by atoms with E-state index in [1.165, 1.54) is 94.7 Å². The maximum absolute atomic E-state index is 5.57. The number of aromatic nitrogens is 3. The van der Waals surface area contributed by atoms with Gasteiger partial charge in [0.15, 0.2) is 17.5 Å². The molecule has 4 fully saturated rings. The molecule has 0 atom stereocenters. The van der Waals surface area contributed by atoms with Crippen molar-refractivity contribution < 1.29 is 0 Å². The summed E-state index contributed by atoms with van der Waals surface area (Å²) in [5, 5.41) is 5.08. The first-order valence-electron chi connectivity index (χ1n) is 19.5. The van der Waals surface area contributed by atoms with Crippen LogP contribution in [0.4, 0.5) is 0 Å². The summed E-state index contributed by atoms with van der Waals surface area (Å²) in [4.78, 5) is 16.6. The van der Waals surface area contributed by atoms with Crippen molar-refractivity contribution >= 4 is 63.0 Å². The zero-order valence-electron chi connectivity index (χ0n) is 29.6. The molecule has 14 rings (SSSR count). The molecule has 0 radical (unpaired) electrons. The van der Waals surface area contributed by atoms with Crippen molar-refractivity contribution in [2.75, 3.05) is 0 Å². The second-order valence-electron chi connectivity index (χ2n) is 16.3. The molecule has 0 saturated heterocycles. The first-order chi connectivity index (χ1) is 26.7. The summed E-state index contributed by atoms with van der Waals surface area (Å²) in [5.74, 6) is 5.34. The van der Waals surface area contributed by atoms with Gasteiger partial charge in [0, 0.05) is 62.4 Å². The third-order valence-corrected chi connectivity index (χ3v) is 16.2. The van der Waals surface area contributed by atoms with E-state index in [1.807, 2.05) is 22.7 Å². The van der Waals surface area contributed by atoms with Crippen molar-refractivity contribution in [2.24, 2.45) is 23.7 Å². The fourth-order valence-electron chi connectivity index (χ4n) is 12.0. The fraction of sp³-hybridized carbons (Fsp3) is 0.204. The highest BCUT2D eigenvalue weighted by Gasteiger charge is 2.62. The van der Waals surface area contributed by atoms with Gasteiger partial charge in [0.25, 0.3) is 0 Å². The Bertz CT molecular complexity index is 2880. The molecule has 3 heterocycles. The molecular formula is C49H35N3S2. The highest BCUT2D eigenvalue weighted by molar-refractivity contribution is 7.26. The van der Waals surface area contributed by atoms with Crippen LogP contribution in [-0.2, 0) is 5.41 Å². The SMILES string of the molecule is c1ccc2c(c1)-c1cccc(-c3nc(-c4cccc5c4sc4ccccc45)nc(-c4cccc5c4sc4ccccc45)n3)c1C21C2CC3CC(C2)CC1C3. The van der Waals surface area contributed by atoms with Crippen LogP contribution in [0.25, 0.3) is 85.6 Å². The largest absolute Gasteiger partial charge is 0.208 e. The molecule has 54 heavy (non-hydrogen) atoms. The van der Waals surface area contributed by atoms with Gasteiger partial charge in [-0.25, -0.2) is 15.0 Å². The quantitative estimate of drug-likeness (QED) is 0.182. The average Bonchev–Trinajstić information content (AvgIpc) is 3.88. The Labute approximate surface area is 321 Å². The van der Waals surface area contributed by atoms with Gasteiger partial charge in [-0.2, -0.15) is 0 Å². The van der Waals surface area contributed by atoms with Crippen molar-refractivity contribution in [3.63, 3.8) is 0 Å². The topological polar surface area (TPSA) is 38.7 Å². The van der Waals surface area contributed by atoms with Gasteiger partial charge in [-0.15, -0.1) is 22.7 Å². The van der Waals surface area contributed by atoms with Gasteiger partial charge in [0.1, 0.15) is 0 Å². The molecule has 0 N–H and O–H groups in total. The predicted molar refractivity (Wildman–Crippen MR) is 225 cm³/mol. The molecule has 5 heteroatoms. The van der Waals surface area contributed by atoms with Gasteiger partial charge in [0.2, 0.25) is 0 Å². The summed E-state index contributed by atoms with van der Waals surface area (Å²) in [5.41, 5.74) is 9.18. The average molecular weight is 730 g/mol.